The van der Waals surface area contributed by atoms with Crippen LogP contribution in [0.5, 0.6) is 0 Å². The van der Waals surface area contributed by atoms with Gasteiger partial charge in [0.15, 0.2) is 5.82 Å². The molecule has 0 saturated heterocycles. The molecule has 1 aliphatic rings. The first-order chi connectivity index (χ1) is 13.8. The minimum absolute atomic E-state index is 0.757. The molecule has 5 nitrogen and oxygen atoms in total. The molecule has 0 atom stereocenters. The maximum absolute atomic E-state index is 4.97. The van der Waals surface area contributed by atoms with Gasteiger partial charge in [0.05, 0.1) is 5.69 Å². The fourth-order valence-electron chi connectivity index (χ4n) is 4.01. The molecule has 3 aromatic heterocycles. The molecule has 1 aromatic carbocycles. The fourth-order valence-corrected chi connectivity index (χ4v) is 4.01. The number of aromatic nitrogens is 4. The number of imidazole rings is 1. The smallest absolute Gasteiger partial charge is 0.180 e. The molecule has 0 radical (unpaired) electrons. The molecule has 3 heterocycles. The van der Waals surface area contributed by atoms with Crippen LogP contribution in [0.2, 0.25) is 0 Å². The molecule has 28 heavy (non-hydrogen) atoms. The molecular formula is C23H23N5. The standard InChI is InChI=1S/C23H23N5/c1-16-21(28-14-8-7-13-20(28)25-16)23-26-19-12-6-5-11-18(19)22(27-23)24-15-17-9-3-2-4-10-17/h2-4,7-10,13-14H,5-6,11-12,15H2,1H3,(H,24,26,27). The van der Waals surface area contributed by atoms with Crippen molar-refractivity contribution in [3.05, 3.63) is 77.2 Å². The first-order valence-electron chi connectivity index (χ1n) is 9.91. The van der Waals surface area contributed by atoms with Crippen molar-refractivity contribution in [2.24, 2.45) is 0 Å². The predicted octanol–water partition coefficient (Wildman–Crippen LogP) is 4.59. The number of nitrogens with zero attached hydrogens (tertiary/aromatic N) is 4. The van der Waals surface area contributed by atoms with Crippen LogP contribution in [0.4, 0.5) is 5.82 Å². The third kappa shape index (κ3) is 3.03. The Morgan fingerprint density at radius 2 is 1.75 bits per heavy atom. The summed E-state index contributed by atoms with van der Waals surface area (Å²) in [6.45, 7) is 2.79. The number of fused-ring (bicyclic) bond motifs is 2. The average molecular weight is 369 g/mol. The highest BCUT2D eigenvalue weighted by Gasteiger charge is 2.21. The van der Waals surface area contributed by atoms with E-state index in [2.05, 4.69) is 39.0 Å². The Morgan fingerprint density at radius 1 is 0.929 bits per heavy atom. The largest absolute Gasteiger partial charge is 0.366 e. The van der Waals surface area contributed by atoms with Crippen molar-refractivity contribution in [3.63, 3.8) is 0 Å². The summed E-state index contributed by atoms with van der Waals surface area (Å²) in [5.74, 6) is 1.72. The zero-order valence-corrected chi connectivity index (χ0v) is 16.0. The summed E-state index contributed by atoms with van der Waals surface area (Å²) in [5, 5.41) is 3.58. The molecule has 0 unspecified atom stereocenters. The Bertz CT molecular complexity index is 1130. The Balaban J connectivity index is 1.60. The third-order valence-corrected chi connectivity index (χ3v) is 5.40. The number of hydrogen-bond acceptors (Lipinski definition) is 4. The van der Waals surface area contributed by atoms with E-state index < -0.39 is 0 Å². The van der Waals surface area contributed by atoms with Gasteiger partial charge in [-0.25, -0.2) is 15.0 Å². The number of nitrogens with one attached hydrogen (secondary N) is 1. The highest BCUT2D eigenvalue weighted by molar-refractivity contribution is 5.64. The lowest BCUT2D eigenvalue weighted by Gasteiger charge is -2.20. The zero-order chi connectivity index (χ0) is 18.9. The van der Waals surface area contributed by atoms with Gasteiger partial charge in [-0.3, -0.25) is 4.40 Å². The Kier molecular flexibility index (Phi) is 4.28. The van der Waals surface area contributed by atoms with E-state index in [0.717, 1.165) is 48.1 Å². The van der Waals surface area contributed by atoms with Gasteiger partial charge in [0.2, 0.25) is 0 Å². The highest BCUT2D eigenvalue weighted by Crippen LogP contribution is 2.30. The van der Waals surface area contributed by atoms with Gasteiger partial charge in [0.25, 0.3) is 0 Å². The maximum Gasteiger partial charge on any atom is 0.180 e. The number of rotatable bonds is 4. The molecule has 0 amide bonds. The summed E-state index contributed by atoms with van der Waals surface area (Å²) in [6, 6.07) is 16.5. The zero-order valence-electron chi connectivity index (χ0n) is 16.0. The van der Waals surface area contributed by atoms with Crippen LogP contribution in [0.15, 0.2) is 54.7 Å². The molecule has 0 saturated carbocycles. The summed E-state index contributed by atoms with van der Waals surface area (Å²) in [4.78, 5) is 14.6. The van der Waals surface area contributed by atoms with Crippen molar-refractivity contribution in [1.82, 2.24) is 19.4 Å². The average Bonchev–Trinajstić information content (AvgIpc) is 3.08. The summed E-state index contributed by atoms with van der Waals surface area (Å²) >= 11 is 0. The van der Waals surface area contributed by atoms with E-state index in [1.54, 1.807) is 0 Å². The number of aryl methyl sites for hydroxylation is 2. The van der Waals surface area contributed by atoms with Gasteiger partial charge in [0, 0.05) is 24.0 Å². The van der Waals surface area contributed by atoms with Gasteiger partial charge in [0.1, 0.15) is 17.2 Å². The number of hydrogen-bond donors (Lipinski definition) is 1. The fraction of sp³-hybridized carbons (Fsp3) is 0.261. The number of anilines is 1. The minimum atomic E-state index is 0.757. The van der Waals surface area contributed by atoms with Gasteiger partial charge < -0.3 is 5.32 Å². The highest BCUT2D eigenvalue weighted by atomic mass is 15.1. The molecule has 4 aromatic rings. The van der Waals surface area contributed by atoms with Crippen molar-refractivity contribution in [3.8, 4) is 11.5 Å². The maximum atomic E-state index is 4.97. The number of pyridine rings is 1. The Morgan fingerprint density at radius 3 is 2.64 bits per heavy atom. The quantitative estimate of drug-likeness (QED) is 0.572. The third-order valence-electron chi connectivity index (χ3n) is 5.40. The van der Waals surface area contributed by atoms with Crippen LogP contribution in [-0.2, 0) is 19.4 Å². The van der Waals surface area contributed by atoms with Crippen LogP contribution in [0.3, 0.4) is 0 Å². The second-order valence-corrected chi connectivity index (χ2v) is 7.34. The van der Waals surface area contributed by atoms with Gasteiger partial charge in [-0.15, -0.1) is 0 Å². The first-order valence-corrected chi connectivity index (χ1v) is 9.91. The lowest BCUT2D eigenvalue weighted by molar-refractivity contribution is 0.664. The lowest BCUT2D eigenvalue weighted by atomic mass is 9.96. The van der Waals surface area contributed by atoms with Crippen molar-refractivity contribution >= 4 is 11.5 Å². The Hall–Kier alpha value is -3.21. The van der Waals surface area contributed by atoms with E-state index >= 15 is 0 Å². The number of benzene rings is 1. The van der Waals surface area contributed by atoms with Crippen LogP contribution in [0.25, 0.3) is 17.2 Å². The predicted molar refractivity (Wildman–Crippen MR) is 111 cm³/mol. The molecule has 0 aliphatic heterocycles. The van der Waals surface area contributed by atoms with Crippen molar-refractivity contribution in [2.45, 2.75) is 39.2 Å². The van der Waals surface area contributed by atoms with Crippen LogP contribution in [0, 0.1) is 6.92 Å². The van der Waals surface area contributed by atoms with Crippen LogP contribution < -0.4 is 5.32 Å². The molecule has 0 bridgehead atoms. The second kappa shape index (κ2) is 7.08. The van der Waals surface area contributed by atoms with Gasteiger partial charge in [-0.2, -0.15) is 0 Å². The first kappa shape index (κ1) is 16.9. The van der Waals surface area contributed by atoms with E-state index in [1.165, 1.54) is 29.7 Å². The summed E-state index contributed by atoms with van der Waals surface area (Å²) in [5.41, 5.74) is 6.56. The van der Waals surface area contributed by atoms with E-state index in [-0.39, 0.29) is 0 Å². The van der Waals surface area contributed by atoms with Crippen molar-refractivity contribution in [2.75, 3.05) is 5.32 Å². The molecule has 140 valence electrons. The van der Waals surface area contributed by atoms with Gasteiger partial charge in [-0.1, -0.05) is 36.4 Å². The molecule has 0 fully saturated rings. The van der Waals surface area contributed by atoms with Crippen molar-refractivity contribution < 1.29 is 0 Å². The SMILES string of the molecule is Cc1nc2ccccn2c1-c1nc2c(c(NCc3ccccc3)n1)CCCC2. The summed E-state index contributed by atoms with van der Waals surface area (Å²) in [6.07, 6.45) is 6.47. The Labute approximate surface area is 164 Å². The summed E-state index contributed by atoms with van der Waals surface area (Å²) < 4.78 is 2.08. The normalized spacial score (nSPS) is 13.5. The van der Waals surface area contributed by atoms with Gasteiger partial charge in [-0.05, 0) is 50.3 Å². The van der Waals surface area contributed by atoms with E-state index in [1.807, 2.05) is 37.4 Å². The van der Waals surface area contributed by atoms with Crippen molar-refractivity contribution in [1.29, 1.82) is 0 Å². The van der Waals surface area contributed by atoms with Gasteiger partial charge >= 0.3 is 0 Å². The molecule has 1 N–H and O–H groups in total. The summed E-state index contributed by atoms with van der Waals surface area (Å²) in [7, 11) is 0. The molecule has 5 rings (SSSR count). The van der Waals surface area contributed by atoms with E-state index in [9.17, 15) is 0 Å². The lowest BCUT2D eigenvalue weighted by Crippen LogP contribution is -2.14. The molecular weight excluding hydrogens is 346 g/mol. The van der Waals surface area contributed by atoms with Crippen LogP contribution in [-0.4, -0.2) is 19.4 Å². The minimum Gasteiger partial charge on any atom is -0.366 e. The topological polar surface area (TPSA) is 55.1 Å². The molecule has 1 aliphatic carbocycles. The van der Waals surface area contributed by atoms with Crippen LogP contribution >= 0.6 is 0 Å². The monoisotopic (exact) mass is 369 g/mol. The second-order valence-electron chi connectivity index (χ2n) is 7.34. The van der Waals surface area contributed by atoms with E-state index in [0.29, 0.717) is 0 Å². The van der Waals surface area contributed by atoms with Crippen LogP contribution in [0.1, 0.15) is 35.4 Å². The molecule has 5 heteroatoms. The van der Waals surface area contributed by atoms with E-state index in [4.69, 9.17) is 9.97 Å². The molecule has 0 spiro atoms.